The Hall–Kier alpha value is -1.93. The van der Waals surface area contributed by atoms with Crippen molar-refractivity contribution in [2.75, 3.05) is 26.7 Å². The minimum absolute atomic E-state index is 0.0912. The van der Waals surface area contributed by atoms with Gasteiger partial charge in [-0.1, -0.05) is 6.07 Å². The van der Waals surface area contributed by atoms with E-state index < -0.39 is 5.60 Å². The molecule has 1 atom stereocenters. The molecule has 0 aromatic carbocycles. The van der Waals surface area contributed by atoms with Gasteiger partial charge in [-0.25, -0.2) is 9.78 Å². The van der Waals surface area contributed by atoms with Crippen molar-refractivity contribution in [3.05, 3.63) is 28.6 Å². The molecular formula is C15H15N3O3S2. The zero-order valence-corrected chi connectivity index (χ0v) is 14.2. The Bertz CT molecular complexity index is 758. The average Bonchev–Trinajstić information content (AvgIpc) is 3.28. The molecule has 0 radical (unpaired) electrons. The lowest BCUT2D eigenvalue weighted by Gasteiger charge is -2.21. The van der Waals surface area contributed by atoms with E-state index in [4.69, 9.17) is 4.74 Å². The van der Waals surface area contributed by atoms with E-state index >= 15 is 0 Å². The van der Waals surface area contributed by atoms with Crippen LogP contribution < -0.4 is 0 Å². The fourth-order valence-electron chi connectivity index (χ4n) is 3.07. The zero-order valence-electron chi connectivity index (χ0n) is 12.5. The summed E-state index contributed by atoms with van der Waals surface area (Å²) in [6.45, 7) is 1.56. The van der Waals surface area contributed by atoms with Crippen molar-refractivity contribution in [1.82, 2.24) is 14.8 Å². The third kappa shape index (κ3) is 2.51. The summed E-state index contributed by atoms with van der Waals surface area (Å²) in [7, 11) is 1.72. The molecule has 2 aromatic rings. The third-order valence-electron chi connectivity index (χ3n) is 4.20. The number of aromatic nitrogens is 1. The van der Waals surface area contributed by atoms with Crippen molar-refractivity contribution >= 4 is 34.7 Å². The van der Waals surface area contributed by atoms with E-state index in [0.717, 1.165) is 9.88 Å². The van der Waals surface area contributed by atoms with Gasteiger partial charge in [-0.2, -0.15) is 0 Å². The number of rotatable bonds is 2. The van der Waals surface area contributed by atoms with Crippen LogP contribution in [0.3, 0.4) is 0 Å². The molecule has 0 aliphatic carbocycles. The predicted molar refractivity (Wildman–Crippen MR) is 87.8 cm³/mol. The molecule has 2 fully saturated rings. The number of hydrogen-bond acceptors (Lipinski definition) is 6. The largest absolute Gasteiger partial charge is 0.439 e. The number of likely N-dealkylation sites (tertiary alicyclic amines) is 1. The molecule has 4 heterocycles. The van der Waals surface area contributed by atoms with Crippen LogP contribution in [0.2, 0.25) is 0 Å². The molecular weight excluding hydrogens is 334 g/mol. The Morgan fingerprint density at radius 2 is 2.26 bits per heavy atom. The highest BCUT2D eigenvalue weighted by Gasteiger charge is 2.49. The zero-order chi connectivity index (χ0) is 16.0. The van der Waals surface area contributed by atoms with Crippen LogP contribution in [0.25, 0.3) is 9.88 Å². The van der Waals surface area contributed by atoms with Gasteiger partial charge in [0.05, 0.1) is 18.0 Å². The Morgan fingerprint density at radius 3 is 2.96 bits per heavy atom. The van der Waals surface area contributed by atoms with Gasteiger partial charge in [0.2, 0.25) is 0 Å². The fraction of sp³-hybridized carbons (Fsp3) is 0.400. The lowest BCUT2D eigenvalue weighted by atomic mass is 10.0. The van der Waals surface area contributed by atoms with Crippen LogP contribution in [0, 0.1) is 0 Å². The molecule has 2 aliphatic heterocycles. The van der Waals surface area contributed by atoms with Crippen molar-refractivity contribution in [3.8, 4) is 9.88 Å². The van der Waals surface area contributed by atoms with Crippen LogP contribution in [0.15, 0.2) is 22.9 Å². The molecule has 2 aliphatic rings. The number of thiazole rings is 1. The summed E-state index contributed by atoms with van der Waals surface area (Å²) in [5.74, 6) is -0.0912. The number of carbonyl (C=O) groups is 2. The van der Waals surface area contributed by atoms with Gasteiger partial charge in [0, 0.05) is 25.4 Å². The Kier molecular flexibility index (Phi) is 3.38. The maximum absolute atomic E-state index is 12.7. The van der Waals surface area contributed by atoms with Crippen LogP contribution >= 0.6 is 22.7 Å². The number of nitrogens with zero attached hydrogens (tertiary/aromatic N) is 3. The summed E-state index contributed by atoms with van der Waals surface area (Å²) in [6, 6.07) is 3.97. The molecule has 4 rings (SSSR count). The highest BCUT2D eigenvalue weighted by molar-refractivity contribution is 7.20. The van der Waals surface area contributed by atoms with E-state index in [1.165, 1.54) is 11.3 Å². The summed E-state index contributed by atoms with van der Waals surface area (Å²) in [6.07, 6.45) is 0.365. The van der Waals surface area contributed by atoms with Gasteiger partial charge in [0.15, 0.2) is 5.60 Å². The molecule has 0 N–H and O–H groups in total. The molecule has 0 unspecified atom stereocenters. The summed E-state index contributed by atoms with van der Waals surface area (Å²) in [5, 5.41) is 4.66. The van der Waals surface area contributed by atoms with Gasteiger partial charge in [-0.15, -0.1) is 22.7 Å². The number of thiophene rings is 1. The van der Waals surface area contributed by atoms with E-state index in [9.17, 15) is 9.59 Å². The van der Waals surface area contributed by atoms with Crippen LogP contribution in [-0.2, 0) is 4.74 Å². The van der Waals surface area contributed by atoms with Gasteiger partial charge in [-0.05, 0) is 11.4 Å². The Morgan fingerprint density at radius 1 is 1.39 bits per heavy atom. The van der Waals surface area contributed by atoms with Crippen molar-refractivity contribution < 1.29 is 14.3 Å². The lowest BCUT2D eigenvalue weighted by molar-refractivity contribution is 0.0551. The minimum Gasteiger partial charge on any atom is -0.439 e. The molecule has 0 bridgehead atoms. The van der Waals surface area contributed by atoms with Crippen LogP contribution in [-0.4, -0.2) is 59.1 Å². The first-order valence-electron chi connectivity index (χ1n) is 7.29. The first-order chi connectivity index (χ1) is 11.1. The monoisotopic (exact) mass is 349 g/mol. The highest BCUT2D eigenvalue weighted by atomic mass is 32.1. The maximum atomic E-state index is 12.7. The summed E-state index contributed by atoms with van der Waals surface area (Å²) in [5.41, 5.74) is -0.0817. The van der Waals surface area contributed by atoms with Crippen molar-refractivity contribution in [2.24, 2.45) is 0 Å². The quantitative estimate of drug-likeness (QED) is 0.836. The van der Waals surface area contributed by atoms with Gasteiger partial charge in [0.25, 0.3) is 5.91 Å². The molecule has 0 saturated carbocycles. The minimum atomic E-state index is -0.548. The molecule has 120 valence electrons. The average molecular weight is 349 g/mol. The highest BCUT2D eigenvalue weighted by Crippen LogP contribution is 2.33. The molecule has 2 aromatic heterocycles. The number of likely N-dealkylation sites (N-methyl/N-ethyl adjacent to an activating group) is 1. The fourth-order valence-corrected chi connectivity index (χ4v) is 4.68. The Labute approximate surface area is 141 Å². The van der Waals surface area contributed by atoms with Crippen LogP contribution in [0.4, 0.5) is 4.79 Å². The molecule has 23 heavy (non-hydrogen) atoms. The number of carbonyl (C=O) groups excluding carboxylic acids is 2. The third-order valence-corrected chi connectivity index (χ3v) is 6.08. The van der Waals surface area contributed by atoms with Gasteiger partial charge in [0.1, 0.15) is 10.7 Å². The molecule has 6 nitrogen and oxygen atoms in total. The van der Waals surface area contributed by atoms with E-state index in [1.54, 1.807) is 33.6 Å². The number of hydrogen-bond donors (Lipinski definition) is 0. The van der Waals surface area contributed by atoms with Crippen LogP contribution in [0.5, 0.6) is 0 Å². The van der Waals surface area contributed by atoms with E-state index in [0.29, 0.717) is 31.7 Å². The summed E-state index contributed by atoms with van der Waals surface area (Å²) < 4.78 is 5.48. The van der Waals surface area contributed by atoms with Gasteiger partial charge >= 0.3 is 6.09 Å². The lowest BCUT2D eigenvalue weighted by Crippen LogP contribution is -2.39. The normalized spacial score (nSPS) is 23.8. The summed E-state index contributed by atoms with van der Waals surface area (Å²) >= 11 is 3.09. The molecule has 1 spiro atoms. The van der Waals surface area contributed by atoms with Crippen LogP contribution in [0.1, 0.15) is 16.9 Å². The first-order valence-corrected chi connectivity index (χ1v) is 9.05. The molecule has 8 heteroatoms. The summed E-state index contributed by atoms with van der Waals surface area (Å²) in [4.78, 5) is 33.1. The van der Waals surface area contributed by atoms with Crippen molar-refractivity contribution in [2.45, 2.75) is 12.0 Å². The van der Waals surface area contributed by atoms with Crippen molar-refractivity contribution in [1.29, 1.82) is 0 Å². The number of amides is 2. The predicted octanol–water partition coefficient (Wildman–Crippen LogP) is 2.54. The van der Waals surface area contributed by atoms with E-state index in [1.807, 2.05) is 17.5 Å². The standard InChI is InChI=1S/C15H15N3O3S2/c1-17-8-15(21-14(17)20)4-5-18(9-15)13(19)10-7-23-12(16-10)11-3-2-6-22-11/h2-3,6-7H,4-5,8-9H2,1H3/t15-/m1/s1. The SMILES string of the molecule is CN1C[C@@]2(CCN(C(=O)c3csc(-c4cccs4)n3)C2)OC1=O. The molecule has 2 saturated heterocycles. The number of ether oxygens (including phenoxy) is 1. The maximum Gasteiger partial charge on any atom is 0.410 e. The van der Waals surface area contributed by atoms with E-state index in [2.05, 4.69) is 4.98 Å². The van der Waals surface area contributed by atoms with Gasteiger partial charge in [-0.3, -0.25) is 4.79 Å². The first kappa shape index (κ1) is 14.6. The topological polar surface area (TPSA) is 62.7 Å². The second-order valence-corrected chi connectivity index (χ2v) is 7.70. The van der Waals surface area contributed by atoms with Gasteiger partial charge < -0.3 is 14.5 Å². The van der Waals surface area contributed by atoms with E-state index in [-0.39, 0.29) is 12.0 Å². The van der Waals surface area contributed by atoms with Crippen molar-refractivity contribution in [3.63, 3.8) is 0 Å². The smallest absolute Gasteiger partial charge is 0.410 e. The second kappa shape index (κ2) is 5.31. The second-order valence-electron chi connectivity index (χ2n) is 5.90. The Balaban J connectivity index is 1.49. The molecule has 2 amide bonds.